The van der Waals surface area contributed by atoms with Crippen molar-refractivity contribution in [2.45, 2.75) is 45.7 Å². The first-order valence-electron chi connectivity index (χ1n) is 10.7. The molecule has 0 spiro atoms. The lowest BCUT2D eigenvalue weighted by Crippen LogP contribution is -2.50. The highest BCUT2D eigenvalue weighted by Crippen LogP contribution is 2.34. The van der Waals surface area contributed by atoms with Crippen LogP contribution in [-0.2, 0) is 6.54 Å². The van der Waals surface area contributed by atoms with E-state index in [1.54, 1.807) is 9.80 Å². The molecular formula is C22H29ClN6O. The minimum absolute atomic E-state index is 0.0955. The molecule has 1 aromatic heterocycles. The first-order chi connectivity index (χ1) is 14.5. The molecule has 160 valence electrons. The van der Waals surface area contributed by atoms with Crippen LogP contribution in [0.3, 0.4) is 0 Å². The molecule has 0 unspecified atom stereocenters. The van der Waals surface area contributed by atoms with E-state index >= 15 is 0 Å². The fourth-order valence-electron chi connectivity index (χ4n) is 4.03. The molecule has 2 aliphatic rings. The van der Waals surface area contributed by atoms with Crippen LogP contribution in [0.5, 0.6) is 0 Å². The number of carbonyl (C=O) groups is 1. The van der Waals surface area contributed by atoms with Gasteiger partial charge in [-0.15, -0.1) is 0 Å². The third kappa shape index (κ3) is 4.52. The van der Waals surface area contributed by atoms with Crippen LogP contribution in [0, 0.1) is 0 Å². The summed E-state index contributed by atoms with van der Waals surface area (Å²) >= 11 is 6.42. The number of amides is 2. The largest absolute Gasteiger partial charge is 0.352 e. The lowest BCUT2D eigenvalue weighted by atomic mass is 10.1. The average Bonchev–Trinajstić information content (AvgIpc) is 2.74. The van der Waals surface area contributed by atoms with E-state index in [-0.39, 0.29) is 12.1 Å². The molecular weight excluding hydrogens is 400 g/mol. The molecule has 0 radical (unpaired) electrons. The van der Waals surface area contributed by atoms with Gasteiger partial charge in [0.2, 0.25) is 5.95 Å². The maximum atomic E-state index is 13.5. The van der Waals surface area contributed by atoms with Crippen LogP contribution in [0.25, 0.3) is 0 Å². The third-order valence-electron chi connectivity index (χ3n) is 5.54. The Morgan fingerprint density at radius 2 is 1.90 bits per heavy atom. The van der Waals surface area contributed by atoms with E-state index in [9.17, 15) is 4.79 Å². The number of nitrogens with zero attached hydrogens (tertiary/aromatic N) is 5. The molecule has 2 aromatic rings. The van der Waals surface area contributed by atoms with Crippen LogP contribution in [0.4, 0.5) is 22.2 Å². The van der Waals surface area contributed by atoms with E-state index in [0.717, 1.165) is 25.2 Å². The number of anilines is 3. The van der Waals surface area contributed by atoms with Crippen molar-refractivity contribution in [2.24, 2.45) is 0 Å². The summed E-state index contributed by atoms with van der Waals surface area (Å²) in [5.74, 6) is 1.24. The van der Waals surface area contributed by atoms with Crippen molar-refractivity contribution in [1.82, 2.24) is 14.9 Å². The number of hydrogen-bond acceptors (Lipinski definition) is 5. The zero-order chi connectivity index (χ0) is 21.1. The number of hydrogen-bond donors (Lipinski definition) is 1. The number of para-hydroxylation sites is 1. The zero-order valence-corrected chi connectivity index (χ0v) is 18.4. The molecule has 1 fully saturated rings. The summed E-state index contributed by atoms with van der Waals surface area (Å²) in [5, 5.41) is 3.80. The Morgan fingerprint density at radius 3 is 2.63 bits per heavy atom. The summed E-state index contributed by atoms with van der Waals surface area (Å²) in [6, 6.07) is 7.57. The molecule has 0 bridgehead atoms. The number of aromatic nitrogens is 2. The van der Waals surface area contributed by atoms with E-state index in [0.29, 0.717) is 35.6 Å². The highest BCUT2D eigenvalue weighted by atomic mass is 35.5. The Kier molecular flexibility index (Phi) is 6.39. The number of likely N-dealkylation sites (tertiary alicyclic amines) is 1. The van der Waals surface area contributed by atoms with E-state index in [4.69, 9.17) is 16.6 Å². The Hall–Kier alpha value is -2.38. The van der Waals surface area contributed by atoms with Crippen molar-refractivity contribution < 1.29 is 4.79 Å². The van der Waals surface area contributed by atoms with Gasteiger partial charge in [-0.2, -0.15) is 4.98 Å². The summed E-state index contributed by atoms with van der Waals surface area (Å²) in [6.07, 6.45) is 5.55. The number of carbonyl (C=O) groups excluding carboxylic acids is 1. The number of rotatable bonds is 6. The van der Waals surface area contributed by atoms with Crippen molar-refractivity contribution in [1.29, 1.82) is 0 Å². The Balaban J connectivity index is 1.65. The average molecular weight is 429 g/mol. The molecule has 30 heavy (non-hydrogen) atoms. The van der Waals surface area contributed by atoms with Gasteiger partial charge in [-0.1, -0.05) is 30.2 Å². The SMILES string of the molecule is CC(C)Nc1ncc2c(n1)N(CCN1CCCCC1)C(=O)N(c1ccccc1Cl)C2. The summed E-state index contributed by atoms with van der Waals surface area (Å²) in [4.78, 5) is 28.6. The van der Waals surface area contributed by atoms with Crippen LogP contribution in [0.2, 0.25) is 5.02 Å². The number of benzene rings is 1. The maximum absolute atomic E-state index is 13.5. The van der Waals surface area contributed by atoms with Gasteiger partial charge in [-0.05, 0) is 51.9 Å². The summed E-state index contributed by atoms with van der Waals surface area (Å²) in [5.41, 5.74) is 1.63. The van der Waals surface area contributed by atoms with E-state index in [1.807, 2.05) is 44.3 Å². The Labute approximate surface area is 183 Å². The predicted octanol–water partition coefficient (Wildman–Crippen LogP) is 4.38. The van der Waals surface area contributed by atoms with Gasteiger partial charge in [0.05, 0.1) is 17.3 Å². The second-order valence-electron chi connectivity index (χ2n) is 8.22. The van der Waals surface area contributed by atoms with Crippen LogP contribution < -0.4 is 15.1 Å². The second kappa shape index (κ2) is 9.18. The molecule has 1 N–H and O–H groups in total. The van der Waals surface area contributed by atoms with Crippen LogP contribution in [0.1, 0.15) is 38.7 Å². The number of urea groups is 1. The highest BCUT2D eigenvalue weighted by Gasteiger charge is 2.34. The molecule has 0 aliphatic carbocycles. The monoisotopic (exact) mass is 428 g/mol. The summed E-state index contributed by atoms with van der Waals surface area (Å²) in [6.45, 7) is 8.09. The van der Waals surface area contributed by atoms with Crippen LogP contribution in [0.15, 0.2) is 30.5 Å². The van der Waals surface area contributed by atoms with Gasteiger partial charge in [0.15, 0.2) is 0 Å². The molecule has 0 saturated carbocycles. The molecule has 1 saturated heterocycles. The second-order valence-corrected chi connectivity index (χ2v) is 8.62. The van der Waals surface area contributed by atoms with E-state index in [1.165, 1.54) is 19.3 Å². The van der Waals surface area contributed by atoms with E-state index < -0.39 is 0 Å². The van der Waals surface area contributed by atoms with Gasteiger partial charge in [0.1, 0.15) is 5.82 Å². The normalized spacial score (nSPS) is 17.4. The van der Waals surface area contributed by atoms with Gasteiger partial charge in [-0.25, -0.2) is 9.78 Å². The van der Waals surface area contributed by atoms with Gasteiger partial charge in [0.25, 0.3) is 0 Å². The van der Waals surface area contributed by atoms with Gasteiger partial charge < -0.3 is 10.2 Å². The highest BCUT2D eigenvalue weighted by molar-refractivity contribution is 6.34. The molecule has 0 atom stereocenters. The predicted molar refractivity (Wildman–Crippen MR) is 121 cm³/mol. The standard InChI is InChI=1S/C22H29ClN6O/c1-16(2)25-21-24-14-17-15-29(19-9-5-4-8-18(19)23)22(30)28(20(17)26-21)13-12-27-10-6-3-7-11-27/h4-5,8-9,14,16H,3,6-7,10-13,15H2,1-2H3,(H,24,25,26). The smallest absolute Gasteiger partial charge is 0.330 e. The molecule has 8 heteroatoms. The van der Waals surface area contributed by atoms with Crippen molar-refractivity contribution in [3.63, 3.8) is 0 Å². The van der Waals surface area contributed by atoms with E-state index in [2.05, 4.69) is 15.2 Å². The first-order valence-corrected chi connectivity index (χ1v) is 11.1. The fraction of sp³-hybridized carbons (Fsp3) is 0.500. The topological polar surface area (TPSA) is 64.6 Å². The lowest BCUT2D eigenvalue weighted by molar-refractivity contribution is 0.227. The number of halogens is 1. The summed E-state index contributed by atoms with van der Waals surface area (Å²) in [7, 11) is 0. The minimum atomic E-state index is -0.0955. The van der Waals surface area contributed by atoms with Gasteiger partial charge in [0, 0.05) is 30.9 Å². The van der Waals surface area contributed by atoms with Crippen molar-refractivity contribution >= 4 is 35.1 Å². The van der Waals surface area contributed by atoms with Gasteiger partial charge in [-0.3, -0.25) is 9.80 Å². The number of nitrogens with one attached hydrogen (secondary N) is 1. The molecule has 4 rings (SSSR count). The van der Waals surface area contributed by atoms with Crippen molar-refractivity contribution in [3.05, 3.63) is 41.0 Å². The van der Waals surface area contributed by atoms with Crippen molar-refractivity contribution in [3.8, 4) is 0 Å². The molecule has 1 aromatic carbocycles. The molecule has 3 heterocycles. The summed E-state index contributed by atoms with van der Waals surface area (Å²) < 4.78 is 0. The maximum Gasteiger partial charge on any atom is 0.330 e. The first kappa shape index (κ1) is 20.9. The van der Waals surface area contributed by atoms with Gasteiger partial charge >= 0.3 is 6.03 Å². The van der Waals surface area contributed by atoms with Crippen LogP contribution >= 0.6 is 11.6 Å². The van der Waals surface area contributed by atoms with Crippen molar-refractivity contribution in [2.75, 3.05) is 41.3 Å². The Bertz CT molecular complexity index is 899. The molecule has 2 amide bonds. The quantitative estimate of drug-likeness (QED) is 0.739. The lowest BCUT2D eigenvalue weighted by Gasteiger charge is -2.37. The minimum Gasteiger partial charge on any atom is -0.352 e. The van der Waals surface area contributed by atoms with Crippen LogP contribution in [-0.4, -0.2) is 53.1 Å². The number of piperidine rings is 1. The number of fused-ring (bicyclic) bond motifs is 1. The Morgan fingerprint density at radius 1 is 1.13 bits per heavy atom. The molecule has 2 aliphatic heterocycles. The molecule has 7 nitrogen and oxygen atoms in total. The fourth-order valence-corrected chi connectivity index (χ4v) is 4.27. The third-order valence-corrected chi connectivity index (χ3v) is 5.86. The zero-order valence-electron chi connectivity index (χ0n) is 17.6.